The SMILES string of the molecule is CCC(NC(=O)c1cc(C)n(C)n1)C12CC3CC(CC(C3)C1)C2. The van der Waals surface area contributed by atoms with Crippen LogP contribution in [0.5, 0.6) is 0 Å². The molecule has 4 fully saturated rings. The van der Waals surface area contributed by atoms with Crippen LogP contribution < -0.4 is 5.32 Å². The summed E-state index contributed by atoms with van der Waals surface area (Å²) in [4.78, 5) is 12.7. The zero-order valence-corrected chi connectivity index (χ0v) is 14.6. The first kappa shape index (κ1) is 15.2. The first-order chi connectivity index (χ1) is 11.0. The van der Waals surface area contributed by atoms with Crippen LogP contribution in [0, 0.1) is 30.1 Å². The largest absolute Gasteiger partial charge is 0.347 e. The van der Waals surface area contributed by atoms with Gasteiger partial charge >= 0.3 is 0 Å². The lowest BCUT2D eigenvalue weighted by atomic mass is 9.47. The molecule has 1 atom stereocenters. The summed E-state index contributed by atoms with van der Waals surface area (Å²) in [7, 11) is 1.89. The van der Waals surface area contributed by atoms with Crippen LogP contribution in [-0.4, -0.2) is 21.7 Å². The Bertz CT molecular complexity index is 563. The van der Waals surface area contributed by atoms with Crippen molar-refractivity contribution >= 4 is 5.91 Å². The Kier molecular flexibility index (Phi) is 3.54. The van der Waals surface area contributed by atoms with Crippen molar-refractivity contribution in [1.82, 2.24) is 15.1 Å². The Morgan fingerprint density at radius 3 is 2.30 bits per heavy atom. The molecule has 1 heterocycles. The van der Waals surface area contributed by atoms with E-state index in [1.807, 2.05) is 20.0 Å². The molecule has 0 spiro atoms. The van der Waals surface area contributed by atoms with Gasteiger partial charge in [-0.05, 0) is 81.1 Å². The molecule has 1 unspecified atom stereocenters. The fourth-order valence-electron chi connectivity index (χ4n) is 6.20. The van der Waals surface area contributed by atoms with Gasteiger partial charge in [0.25, 0.3) is 5.91 Å². The summed E-state index contributed by atoms with van der Waals surface area (Å²) < 4.78 is 1.78. The van der Waals surface area contributed by atoms with Crippen molar-refractivity contribution in [3.63, 3.8) is 0 Å². The first-order valence-electron chi connectivity index (χ1n) is 9.30. The molecule has 1 aromatic rings. The lowest BCUT2D eigenvalue weighted by Crippen LogP contribution is -2.56. The van der Waals surface area contributed by atoms with Gasteiger partial charge in [0.15, 0.2) is 0 Å². The Labute approximate surface area is 139 Å². The number of aryl methyl sites for hydroxylation is 2. The van der Waals surface area contributed by atoms with E-state index in [2.05, 4.69) is 17.3 Å². The fourth-order valence-corrected chi connectivity index (χ4v) is 6.20. The Morgan fingerprint density at radius 1 is 1.30 bits per heavy atom. The van der Waals surface area contributed by atoms with Gasteiger partial charge < -0.3 is 5.32 Å². The fraction of sp³-hybridized carbons (Fsp3) is 0.789. The molecular formula is C19H29N3O. The Balaban J connectivity index is 1.53. The number of hydrogen-bond donors (Lipinski definition) is 1. The van der Waals surface area contributed by atoms with Crippen molar-refractivity contribution in [3.8, 4) is 0 Å². The minimum absolute atomic E-state index is 0.0105. The van der Waals surface area contributed by atoms with Crippen LogP contribution in [-0.2, 0) is 7.05 Å². The third-order valence-corrected chi connectivity index (χ3v) is 6.88. The highest BCUT2D eigenvalue weighted by Gasteiger charge is 2.54. The monoisotopic (exact) mass is 315 g/mol. The summed E-state index contributed by atoms with van der Waals surface area (Å²) in [5, 5.41) is 7.71. The maximum atomic E-state index is 12.7. The van der Waals surface area contributed by atoms with Crippen molar-refractivity contribution < 1.29 is 4.79 Å². The predicted octanol–water partition coefficient (Wildman–Crippen LogP) is 3.45. The highest BCUT2D eigenvalue weighted by molar-refractivity contribution is 5.92. The maximum Gasteiger partial charge on any atom is 0.272 e. The van der Waals surface area contributed by atoms with Crippen LogP contribution in [0.1, 0.15) is 68.1 Å². The number of rotatable bonds is 4. The predicted molar refractivity (Wildman–Crippen MR) is 90.1 cm³/mol. The molecule has 23 heavy (non-hydrogen) atoms. The molecule has 4 aliphatic rings. The average molecular weight is 315 g/mol. The van der Waals surface area contributed by atoms with E-state index >= 15 is 0 Å². The third kappa shape index (κ3) is 2.50. The lowest BCUT2D eigenvalue weighted by Gasteiger charge is -2.59. The molecule has 126 valence electrons. The van der Waals surface area contributed by atoms with E-state index in [4.69, 9.17) is 0 Å². The van der Waals surface area contributed by atoms with E-state index in [-0.39, 0.29) is 5.91 Å². The van der Waals surface area contributed by atoms with Gasteiger partial charge in [0, 0.05) is 18.8 Å². The number of amides is 1. The molecule has 4 aliphatic carbocycles. The van der Waals surface area contributed by atoms with Gasteiger partial charge in [-0.2, -0.15) is 5.10 Å². The summed E-state index contributed by atoms with van der Waals surface area (Å²) in [5.74, 6) is 2.77. The van der Waals surface area contributed by atoms with Crippen LogP contribution in [0.2, 0.25) is 0 Å². The van der Waals surface area contributed by atoms with Gasteiger partial charge in [-0.3, -0.25) is 9.48 Å². The lowest BCUT2D eigenvalue weighted by molar-refractivity contribution is -0.0727. The molecule has 1 aromatic heterocycles. The molecule has 5 rings (SSSR count). The maximum absolute atomic E-state index is 12.7. The Morgan fingerprint density at radius 2 is 1.87 bits per heavy atom. The quantitative estimate of drug-likeness (QED) is 0.925. The van der Waals surface area contributed by atoms with Gasteiger partial charge in [-0.25, -0.2) is 0 Å². The van der Waals surface area contributed by atoms with Crippen molar-refractivity contribution in [1.29, 1.82) is 0 Å². The van der Waals surface area contributed by atoms with Crippen LogP contribution in [0.25, 0.3) is 0 Å². The second kappa shape index (κ2) is 5.35. The van der Waals surface area contributed by atoms with Crippen molar-refractivity contribution in [2.75, 3.05) is 0 Å². The second-order valence-corrected chi connectivity index (χ2v) is 8.51. The molecule has 0 saturated heterocycles. The summed E-state index contributed by atoms with van der Waals surface area (Å²) >= 11 is 0. The summed E-state index contributed by atoms with van der Waals surface area (Å²) in [6, 6.07) is 2.20. The smallest absolute Gasteiger partial charge is 0.272 e. The zero-order valence-electron chi connectivity index (χ0n) is 14.6. The van der Waals surface area contributed by atoms with Gasteiger partial charge in [-0.1, -0.05) is 6.92 Å². The van der Waals surface area contributed by atoms with E-state index < -0.39 is 0 Å². The topological polar surface area (TPSA) is 46.9 Å². The molecule has 4 saturated carbocycles. The number of nitrogens with one attached hydrogen (secondary N) is 1. The van der Waals surface area contributed by atoms with E-state index in [0.29, 0.717) is 17.2 Å². The molecule has 1 amide bonds. The minimum Gasteiger partial charge on any atom is -0.347 e. The first-order valence-corrected chi connectivity index (χ1v) is 9.30. The summed E-state index contributed by atoms with van der Waals surface area (Å²) in [5.41, 5.74) is 1.95. The molecule has 4 nitrogen and oxygen atoms in total. The number of aromatic nitrogens is 2. The molecule has 0 radical (unpaired) electrons. The van der Waals surface area contributed by atoms with Crippen LogP contribution in [0.3, 0.4) is 0 Å². The molecule has 0 aromatic carbocycles. The van der Waals surface area contributed by atoms with Crippen LogP contribution in [0.4, 0.5) is 0 Å². The van der Waals surface area contributed by atoms with Gasteiger partial charge in [-0.15, -0.1) is 0 Å². The van der Waals surface area contributed by atoms with E-state index in [9.17, 15) is 4.79 Å². The highest BCUT2D eigenvalue weighted by atomic mass is 16.2. The molecular weight excluding hydrogens is 286 g/mol. The molecule has 4 bridgehead atoms. The minimum atomic E-state index is 0.0105. The van der Waals surface area contributed by atoms with Gasteiger partial charge in [0.1, 0.15) is 5.69 Å². The van der Waals surface area contributed by atoms with Crippen molar-refractivity contribution in [3.05, 3.63) is 17.5 Å². The number of nitrogens with zero attached hydrogens (tertiary/aromatic N) is 2. The molecule has 0 aliphatic heterocycles. The normalized spacial score (nSPS) is 36.2. The number of hydrogen-bond acceptors (Lipinski definition) is 2. The second-order valence-electron chi connectivity index (χ2n) is 8.51. The number of carbonyl (C=O) groups is 1. The summed E-state index contributed by atoms with van der Waals surface area (Å²) in [6.45, 7) is 4.22. The van der Waals surface area contributed by atoms with E-state index in [0.717, 1.165) is 29.9 Å². The van der Waals surface area contributed by atoms with E-state index in [1.54, 1.807) is 4.68 Å². The average Bonchev–Trinajstić information content (AvgIpc) is 2.82. The third-order valence-electron chi connectivity index (χ3n) is 6.88. The Hall–Kier alpha value is -1.32. The van der Waals surface area contributed by atoms with Gasteiger partial charge in [0.05, 0.1) is 0 Å². The standard InChI is InChI=1S/C19H29N3O/c1-4-17(20-18(23)16-5-12(2)22(3)21-16)19-9-13-6-14(10-19)8-15(7-13)11-19/h5,13-15,17H,4,6-11H2,1-3H3,(H,20,23). The van der Waals surface area contributed by atoms with Gasteiger partial charge in [0.2, 0.25) is 0 Å². The van der Waals surface area contributed by atoms with Crippen molar-refractivity contribution in [2.45, 2.75) is 64.8 Å². The van der Waals surface area contributed by atoms with E-state index in [1.165, 1.54) is 38.5 Å². The zero-order chi connectivity index (χ0) is 16.2. The number of carbonyl (C=O) groups excluding carboxylic acids is 1. The molecule has 4 heteroatoms. The highest BCUT2D eigenvalue weighted by Crippen LogP contribution is 2.61. The summed E-state index contributed by atoms with van der Waals surface area (Å²) in [6.07, 6.45) is 9.37. The molecule has 1 N–H and O–H groups in total. The van der Waals surface area contributed by atoms with Crippen molar-refractivity contribution in [2.24, 2.45) is 30.2 Å². The van der Waals surface area contributed by atoms with Crippen LogP contribution >= 0.6 is 0 Å². The van der Waals surface area contributed by atoms with Crippen LogP contribution in [0.15, 0.2) is 6.07 Å².